The largest absolute Gasteiger partial charge is 0.484 e. The molecule has 5 nitrogen and oxygen atoms in total. The van der Waals surface area contributed by atoms with E-state index in [4.69, 9.17) is 4.74 Å². The van der Waals surface area contributed by atoms with E-state index in [1.807, 2.05) is 25.1 Å². The van der Waals surface area contributed by atoms with Gasteiger partial charge in [0, 0.05) is 17.3 Å². The number of anilines is 1. The lowest BCUT2D eigenvalue weighted by Gasteiger charge is -2.08. The summed E-state index contributed by atoms with van der Waals surface area (Å²) in [7, 11) is 0. The van der Waals surface area contributed by atoms with Crippen molar-refractivity contribution in [2.75, 3.05) is 11.9 Å². The summed E-state index contributed by atoms with van der Waals surface area (Å²) in [4.78, 5) is 19.3. The first-order chi connectivity index (χ1) is 11.6. The molecule has 0 bridgehead atoms. The van der Waals surface area contributed by atoms with Gasteiger partial charge in [-0.05, 0) is 31.2 Å². The minimum atomic E-state index is -0.407. The van der Waals surface area contributed by atoms with E-state index >= 15 is 0 Å². The van der Waals surface area contributed by atoms with Crippen LogP contribution in [0.1, 0.15) is 5.82 Å². The van der Waals surface area contributed by atoms with Crippen LogP contribution >= 0.6 is 0 Å². The summed E-state index contributed by atoms with van der Waals surface area (Å²) in [6, 6.07) is 13.1. The van der Waals surface area contributed by atoms with Crippen molar-refractivity contribution in [3.63, 3.8) is 0 Å². The van der Waals surface area contributed by atoms with E-state index in [-0.39, 0.29) is 12.5 Å². The molecule has 1 aromatic heterocycles. The quantitative estimate of drug-likeness (QED) is 0.754. The SMILES string of the molecule is Cc1ncc(-c2cccc(NC(=O)COc3cccc(F)c3)c2)[nH]1. The van der Waals surface area contributed by atoms with Crippen molar-refractivity contribution in [2.24, 2.45) is 0 Å². The highest BCUT2D eigenvalue weighted by atomic mass is 19.1. The third kappa shape index (κ3) is 3.98. The van der Waals surface area contributed by atoms with Crippen molar-refractivity contribution in [3.8, 4) is 17.0 Å². The molecule has 2 N–H and O–H groups in total. The van der Waals surface area contributed by atoms with Gasteiger partial charge in [0.15, 0.2) is 6.61 Å². The average molecular weight is 325 g/mol. The Labute approximate surface area is 138 Å². The highest BCUT2D eigenvalue weighted by Crippen LogP contribution is 2.21. The second-order valence-corrected chi connectivity index (χ2v) is 5.26. The lowest BCUT2D eigenvalue weighted by Crippen LogP contribution is -2.20. The fourth-order valence-electron chi connectivity index (χ4n) is 2.23. The standard InChI is InChI=1S/C18H16FN3O2/c1-12-20-10-17(21-12)13-4-2-6-15(8-13)22-18(23)11-24-16-7-3-5-14(19)9-16/h2-10H,11H2,1H3,(H,20,21)(H,22,23). The van der Waals surface area contributed by atoms with Crippen LogP contribution in [0.3, 0.4) is 0 Å². The van der Waals surface area contributed by atoms with Crippen molar-refractivity contribution in [3.05, 3.63) is 66.4 Å². The molecule has 6 heteroatoms. The molecule has 0 saturated carbocycles. The maximum atomic E-state index is 13.1. The number of carbonyl (C=O) groups is 1. The zero-order valence-electron chi connectivity index (χ0n) is 13.0. The highest BCUT2D eigenvalue weighted by Gasteiger charge is 2.06. The Kier molecular flexibility index (Phi) is 4.56. The van der Waals surface area contributed by atoms with Gasteiger partial charge in [-0.25, -0.2) is 9.37 Å². The Morgan fingerprint density at radius 3 is 2.83 bits per heavy atom. The van der Waals surface area contributed by atoms with Crippen molar-refractivity contribution in [1.29, 1.82) is 0 Å². The van der Waals surface area contributed by atoms with E-state index in [0.29, 0.717) is 11.4 Å². The molecule has 0 spiro atoms. The van der Waals surface area contributed by atoms with Crippen LogP contribution in [0, 0.1) is 12.7 Å². The van der Waals surface area contributed by atoms with E-state index in [1.54, 1.807) is 18.3 Å². The van der Waals surface area contributed by atoms with E-state index < -0.39 is 5.82 Å². The van der Waals surface area contributed by atoms with Gasteiger partial charge >= 0.3 is 0 Å². The number of nitrogens with zero attached hydrogens (tertiary/aromatic N) is 1. The number of hydrogen-bond acceptors (Lipinski definition) is 3. The molecule has 3 rings (SSSR count). The van der Waals surface area contributed by atoms with Gasteiger partial charge in [-0.15, -0.1) is 0 Å². The van der Waals surface area contributed by atoms with Gasteiger partial charge < -0.3 is 15.0 Å². The number of hydrogen-bond donors (Lipinski definition) is 2. The Bertz CT molecular complexity index is 861. The maximum Gasteiger partial charge on any atom is 0.262 e. The number of carbonyl (C=O) groups excluding carboxylic acids is 1. The molecule has 0 aliphatic rings. The summed E-state index contributed by atoms with van der Waals surface area (Å²) < 4.78 is 18.3. The monoisotopic (exact) mass is 325 g/mol. The first-order valence-electron chi connectivity index (χ1n) is 7.40. The van der Waals surface area contributed by atoms with Crippen LogP contribution in [0.4, 0.5) is 10.1 Å². The number of aromatic amines is 1. The predicted molar refractivity (Wildman–Crippen MR) is 89.3 cm³/mol. The van der Waals surface area contributed by atoms with Gasteiger partial charge in [0.1, 0.15) is 17.4 Å². The number of ether oxygens (including phenoxy) is 1. The number of H-pyrrole nitrogens is 1. The molecule has 0 aliphatic carbocycles. The molecule has 3 aromatic rings. The average Bonchev–Trinajstić information content (AvgIpc) is 3.00. The minimum Gasteiger partial charge on any atom is -0.484 e. The fourth-order valence-corrected chi connectivity index (χ4v) is 2.23. The summed E-state index contributed by atoms with van der Waals surface area (Å²) in [5, 5.41) is 2.75. The summed E-state index contributed by atoms with van der Waals surface area (Å²) in [6.45, 7) is 1.68. The van der Waals surface area contributed by atoms with Crippen LogP contribution in [-0.2, 0) is 4.79 Å². The molecule has 122 valence electrons. The van der Waals surface area contributed by atoms with Gasteiger partial charge in [-0.2, -0.15) is 0 Å². The van der Waals surface area contributed by atoms with E-state index in [1.165, 1.54) is 18.2 Å². The zero-order valence-corrected chi connectivity index (χ0v) is 13.0. The predicted octanol–water partition coefficient (Wildman–Crippen LogP) is 3.54. The summed E-state index contributed by atoms with van der Waals surface area (Å²) in [5.41, 5.74) is 2.44. The van der Waals surface area contributed by atoms with E-state index in [9.17, 15) is 9.18 Å². The third-order valence-corrected chi connectivity index (χ3v) is 3.33. The number of halogens is 1. The summed E-state index contributed by atoms with van der Waals surface area (Å²) in [5.74, 6) is 0.405. The molecule has 1 amide bonds. The van der Waals surface area contributed by atoms with Crippen LogP contribution in [0.25, 0.3) is 11.3 Å². The number of aryl methyl sites for hydroxylation is 1. The van der Waals surface area contributed by atoms with Crippen LogP contribution in [0.5, 0.6) is 5.75 Å². The van der Waals surface area contributed by atoms with E-state index in [0.717, 1.165) is 17.1 Å². The molecule has 0 unspecified atom stereocenters. The molecular formula is C18H16FN3O2. The number of rotatable bonds is 5. The summed E-state index contributed by atoms with van der Waals surface area (Å²) >= 11 is 0. The van der Waals surface area contributed by atoms with Crippen LogP contribution in [0.15, 0.2) is 54.7 Å². The first-order valence-corrected chi connectivity index (χ1v) is 7.40. The molecule has 0 atom stereocenters. The van der Waals surface area contributed by atoms with Gasteiger partial charge in [0.25, 0.3) is 5.91 Å². The summed E-state index contributed by atoms with van der Waals surface area (Å²) in [6.07, 6.45) is 1.74. The molecule has 0 radical (unpaired) electrons. The second-order valence-electron chi connectivity index (χ2n) is 5.26. The third-order valence-electron chi connectivity index (χ3n) is 3.33. The Morgan fingerprint density at radius 1 is 1.25 bits per heavy atom. The number of nitrogens with one attached hydrogen (secondary N) is 2. The minimum absolute atomic E-state index is 0.198. The Balaban J connectivity index is 1.62. The molecular weight excluding hydrogens is 309 g/mol. The molecule has 0 aliphatic heterocycles. The normalized spacial score (nSPS) is 10.4. The molecule has 0 fully saturated rings. The number of amides is 1. The molecule has 2 aromatic carbocycles. The number of aromatic nitrogens is 2. The van der Waals surface area contributed by atoms with E-state index in [2.05, 4.69) is 15.3 Å². The van der Waals surface area contributed by atoms with Crippen LogP contribution < -0.4 is 10.1 Å². The van der Waals surface area contributed by atoms with Gasteiger partial charge in [-0.1, -0.05) is 18.2 Å². The smallest absolute Gasteiger partial charge is 0.262 e. The van der Waals surface area contributed by atoms with Gasteiger partial charge in [0.2, 0.25) is 0 Å². The first kappa shape index (κ1) is 15.7. The number of benzene rings is 2. The molecule has 0 saturated heterocycles. The Hall–Kier alpha value is -3.15. The molecule has 24 heavy (non-hydrogen) atoms. The second kappa shape index (κ2) is 6.95. The van der Waals surface area contributed by atoms with Gasteiger partial charge in [0.05, 0.1) is 11.9 Å². The lowest BCUT2D eigenvalue weighted by molar-refractivity contribution is -0.118. The maximum absolute atomic E-state index is 13.1. The lowest BCUT2D eigenvalue weighted by atomic mass is 10.1. The number of imidazole rings is 1. The molecule has 1 heterocycles. The van der Waals surface area contributed by atoms with Crippen LogP contribution in [-0.4, -0.2) is 22.5 Å². The van der Waals surface area contributed by atoms with Crippen LogP contribution in [0.2, 0.25) is 0 Å². The van der Waals surface area contributed by atoms with Crippen molar-refractivity contribution >= 4 is 11.6 Å². The topological polar surface area (TPSA) is 67.0 Å². The zero-order chi connectivity index (χ0) is 16.9. The van der Waals surface area contributed by atoms with Crippen molar-refractivity contribution < 1.29 is 13.9 Å². The fraction of sp³-hybridized carbons (Fsp3) is 0.111. The van der Waals surface area contributed by atoms with Gasteiger partial charge in [-0.3, -0.25) is 4.79 Å². The van der Waals surface area contributed by atoms with Crippen molar-refractivity contribution in [1.82, 2.24) is 9.97 Å². The Morgan fingerprint density at radius 2 is 2.08 bits per heavy atom. The highest BCUT2D eigenvalue weighted by molar-refractivity contribution is 5.92. The van der Waals surface area contributed by atoms with Crippen molar-refractivity contribution in [2.45, 2.75) is 6.92 Å².